The quantitative estimate of drug-likeness (QED) is 0.321. The number of aromatic carboxylic acids is 1. The average Bonchev–Trinajstić information content (AvgIpc) is 3.27. The Bertz CT molecular complexity index is 1500. The predicted octanol–water partition coefficient (Wildman–Crippen LogP) is 5.16. The number of hydrogen-bond acceptors (Lipinski definition) is 7. The highest BCUT2D eigenvalue weighted by atomic mass is 35.5. The summed E-state index contributed by atoms with van der Waals surface area (Å²) in [7, 11) is 0. The Labute approximate surface area is 226 Å². The van der Waals surface area contributed by atoms with E-state index in [9.17, 15) is 14.7 Å². The zero-order valence-corrected chi connectivity index (χ0v) is 21.9. The molecule has 3 aromatic heterocycles. The second kappa shape index (κ2) is 9.75. The molecule has 1 saturated heterocycles. The first-order valence-corrected chi connectivity index (χ1v) is 13.6. The largest absolute Gasteiger partial charge is 0.478 e. The van der Waals surface area contributed by atoms with Crippen LogP contribution < -0.4 is 5.32 Å². The Kier molecular flexibility index (Phi) is 6.44. The average molecular weight is 560 g/mol. The Morgan fingerprint density at radius 1 is 1.14 bits per heavy atom. The lowest BCUT2D eigenvalue weighted by Gasteiger charge is -2.32. The first kappa shape index (κ1) is 24.4. The second-order valence-corrected chi connectivity index (χ2v) is 11.5. The number of hydrogen-bond donors (Lipinski definition) is 2. The molecule has 1 saturated carbocycles. The molecule has 1 aliphatic carbocycles. The normalized spacial score (nSPS) is 16.9. The van der Waals surface area contributed by atoms with Gasteiger partial charge >= 0.3 is 5.97 Å². The van der Waals surface area contributed by atoms with Crippen molar-refractivity contribution in [3.05, 3.63) is 56.8 Å². The van der Waals surface area contributed by atoms with Crippen LogP contribution in [0.2, 0.25) is 9.36 Å². The molecule has 1 aliphatic heterocycles. The fourth-order valence-electron chi connectivity index (χ4n) is 4.91. The Hall–Kier alpha value is -2.92. The van der Waals surface area contributed by atoms with Gasteiger partial charge in [-0.3, -0.25) is 4.79 Å². The van der Waals surface area contributed by atoms with Crippen molar-refractivity contribution in [2.75, 3.05) is 13.1 Å². The van der Waals surface area contributed by atoms with E-state index >= 15 is 0 Å². The van der Waals surface area contributed by atoms with Crippen molar-refractivity contribution in [3.8, 4) is 10.6 Å². The van der Waals surface area contributed by atoms with Crippen LogP contribution in [0.5, 0.6) is 0 Å². The molecule has 1 aromatic carbocycles. The summed E-state index contributed by atoms with van der Waals surface area (Å²) >= 11 is 14.0. The molecule has 12 heteroatoms. The minimum Gasteiger partial charge on any atom is -0.478 e. The minimum atomic E-state index is -1.15. The van der Waals surface area contributed by atoms with Crippen LogP contribution in [0.25, 0.3) is 21.6 Å². The van der Waals surface area contributed by atoms with Gasteiger partial charge in [0.05, 0.1) is 31.9 Å². The van der Waals surface area contributed by atoms with Gasteiger partial charge in [0.25, 0.3) is 5.91 Å². The summed E-state index contributed by atoms with van der Waals surface area (Å²) in [6, 6.07) is 9.01. The van der Waals surface area contributed by atoms with Gasteiger partial charge in [-0.05, 0) is 49.9 Å². The predicted molar refractivity (Wildman–Crippen MR) is 141 cm³/mol. The number of thiophene rings is 1. The molecule has 9 nitrogen and oxygen atoms in total. The maximum absolute atomic E-state index is 13.5. The number of rotatable bonds is 7. The maximum Gasteiger partial charge on any atom is 0.337 e. The van der Waals surface area contributed by atoms with Gasteiger partial charge < -0.3 is 24.4 Å². The summed E-state index contributed by atoms with van der Waals surface area (Å²) in [6.07, 6.45) is 4.24. The molecule has 0 spiro atoms. The van der Waals surface area contributed by atoms with E-state index in [0.29, 0.717) is 27.3 Å². The van der Waals surface area contributed by atoms with Crippen molar-refractivity contribution in [1.29, 1.82) is 0 Å². The molecule has 4 aromatic rings. The zero-order chi connectivity index (χ0) is 25.7. The highest BCUT2D eigenvalue weighted by molar-refractivity contribution is 7.19. The molecule has 2 aliphatic rings. The van der Waals surface area contributed by atoms with Crippen LogP contribution in [0.4, 0.5) is 0 Å². The van der Waals surface area contributed by atoms with Gasteiger partial charge in [-0.1, -0.05) is 28.4 Å². The van der Waals surface area contributed by atoms with Crippen LogP contribution in [0.1, 0.15) is 52.4 Å². The van der Waals surface area contributed by atoms with E-state index in [1.807, 2.05) is 6.07 Å². The smallest absolute Gasteiger partial charge is 0.337 e. The van der Waals surface area contributed by atoms with E-state index < -0.39 is 5.97 Å². The lowest BCUT2D eigenvalue weighted by Crippen LogP contribution is -2.45. The highest BCUT2D eigenvalue weighted by Crippen LogP contribution is 2.33. The van der Waals surface area contributed by atoms with Crippen molar-refractivity contribution >= 4 is 57.4 Å². The van der Waals surface area contributed by atoms with Gasteiger partial charge in [0, 0.05) is 31.2 Å². The molecule has 0 atom stereocenters. The Morgan fingerprint density at radius 3 is 2.59 bits per heavy atom. The van der Waals surface area contributed by atoms with Crippen LogP contribution in [0.15, 0.2) is 34.9 Å². The SMILES string of the molecule is O=C(O)c1ccc(Cl)c2c1nc(C(=O)NC1CCN(C3CC3)CC1)n2Cc1cc(-c2ccc(Cl)s2)no1. The third-order valence-electron chi connectivity index (χ3n) is 6.91. The van der Waals surface area contributed by atoms with Gasteiger partial charge in [-0.25, -0.2) is 9.78 Å². The molecule has 1 amide bonds. The number of imidazole rings is 1. The monoisotopic (exact) mass is 559 g/mol. The second-order valence-electron chi connectivity index (χ2n) is 9.42. The first-order chi connectivity index (χ1) is 17.9. The lowest BCUT2D eigenvalue weighted by atomic mass is 10.0. The third-order valence-corrected chi connectivity index (χ3v) is 8.46. The molecular weight excluding hydrogens is 537 g/mol. The number of amides is 1. The van der Waals surface area contributed by atoms with Crippen molar-refractivity contribution < 1.29 is 19.2 Å². The summed E-state index contributed by atoms with van der Waals surface area (Å²) in [5, 5.41) is 17.3. The number of likely N-dealkylation sites (tertiary alicyclic amines) is 1. The number of halogens is 2. The van der Waals surface area contributed by atoms with E-state index in [2.05, 4.69) is 20.4 Å². The fourth-order valence-corrected chi connectivity index (χ4v) is 6.16. The van der Waals surface area contributed by atoms with E-state index in [-0.39, 0.29) is 40.4 Å². The summed E-state index contributed by atoms with van der Waals surface area (Å²) in [4.78, 5) is 33.2. The first-order valence-electron chi connectivity index (χ1n) is 12.1. The van der Waals surface area contributed by atoms with E-state index in [0.717, 1.165) is 30.8 Å². The van der Waals surface area contributed by atoms with E-state index in [1.54, 1.807) is 16.7 Å². The number of nitrogens with zero attached hydrogens (tertiary/aromatic N) is 4. The van der Waals surface area contributed by atoms with Crippen LogP contribution in [0.3, 0.4) is 0 Å². The standard InChI is InChI=1S/C25H23Cl2N5O4S/c26-17-4-3-16(25(34)35)21-22(17)32(12-15-11-18(30-36-15)19-5-6-20(27)37-19)23(29-21)24(33)28-13-7-9-31(10-8-13)14-1-2-14/h3-6,11,13-14H,1-2,7-10,12H2,(H,28,33)(H,34,35). The molecular formula is C25H23Cl2N5O4S. The fraction of sp³-hybridized carbons (Fsp3) is 0.360. The van der Waals surface area contributed by atoms with Gasteiger partial charge in [0.2, 0.25) is 5.82 Å². The number of aromatic nitrogens is 3. The van der Waals surface area contributed by atoms with Crippen LogP contribution in [-0.4, -0.2) is 61.8 Å². The maximum atomic E-state index is 13.5. The number of fused-ring (bicyclic) bond motifs is 1. The molecule has 2 fully saturated rings. The van der Waals surface area contributed by atoms with Gasteiger partial charge in [-0.2, -0.15) is 0 Å². The summed E-state index contributed by atoms with van der Waals surface area (Å²) in [6.45, 7) is 2.00. The lowest BCUT2D eigenvalue weighted by molar-refractivity contribution is 0.0698. The molecule has 0 bridgehead atoms. The van der Waals surface area contributed by atoms with Gasteiger partial charge in [-0.15, -0.1) is 11.3 Å². The van der Waals surface area contributed by atoms with Crippen molar-refractivity contribution in [2.45, 2.75) is 44.3 Å². The number of carboxylic acid groups (broad SMARTS) is 1. The van der Waals surface area contributed by atoms with Crippen LogP contribution in [-0.2, 0) is 6.54 Å². The van der Waals surface area contributed by atoms with Crippen LogP contribution >= 0.6 is 34.5 Å². The number of carboxylic acids is 1. The zero-order valence-electron chi connectivity index (χ0n) is 19.6. The van der Waals surface area contributed by atoms with E-state index in [1.165, 1.54) is 36.3 Å². The summed E-state index contributed by atoms with van der Waals surface area (Å²) < 4.78 is 7.80. The van der Waals surface area contributed by atoms with Crippen LogP contribution in [0, 0.1) is 0 Å². The van der Waals surface area contributed by atoms with Gasteiger partial charge in [0.15, 0.2) is 5.76 Å². The molecule has 0 unspecified atom stereocenters. The van der Waals surface area contributed by atoms with Crippen molar-refractivity contribution in [1.82, 2.24) is 24.9 Å². The minimum absolute atomic E-state index is 0.0191. The third kappa shape index (κ3) is 4.86. The molecule has 2 N–H and O–H groups in total. The number of carbonyl (C=O) groups excluding carboxylic acids is 1. The number of carbonyl (C=O) groups is 2. The van der Waals surface area contributed by atoms with Crippen molar-refractivity contribution in [2.24, 2.45) is 0 Å². The Balaban J connectivity index is 1.33. The number of piperidine rings is 1. The number of benzene rings is 1. The topological polar surface area (TPSA) is 113 Å². The Morgan fingerprint density at radius 2 is 1.92 bits per heavy atom. The summed E-state index contributed by atoms with van der Waals surface area (Å²) in [5.74, 6) is -0.991. The molecule has 6 rings (SSSR count). The molecule has 4 heterocycles. The van der Waals surface area contributed by atoms with Gasteiger partial charge in [0.1, 0.15) is 11.2 Å². The molecule has 192 valence electrons. The molecule has 0 radical (unpaired) electrons. The number of nitrogens with one attached hydrogen (secondary N) is 1. The highest BCUT2D eigenvalue weighted by Gasteiger charge is 2.33. The van der Waals surface area contributed by atoms with E-state index in [4.69, 9.17) is 27.7 Å². The van der Waals surface area contributed by atoms with Crippen molar-refractivity contribution in [3.63, 3.8) is 0 Å². The summed E-state index contributed by atoms with van der Waals surface area (Å²) in [5.41, 5.74) is 1.09. The molecule has 37 heavy (non-hydrogen) atoms.